The lowest BCUT2D eigenvalue weighted by molar-refractivity contribution is -0.142. The van der Waals surface area contributed by atoms with Crippen LogP contribution in [0.5, 0.6) is 5.75 Å². The number of likely N-dealkylation sites (tertiary alicyclic amines) is 1. The van der Waals surface area contributed by atoms with Crippen LogP contribution in [-0.2, 0) is 9.53 Å². The van der Waals surface area contributed by atoms with Crippen LogP contribution in [0.15, 0.2) is 48.5 Å². The molecule has 0 aliphatic carbocycles. The van der Waals surface area contributed by atoms with E-state index in [1.54, 1.807) is 6.07 Å². The van der Waals surface area contributed by atoms with Crippen LogP contribution in [0.4, 0.5) is 16.2 Å². The van der Waals surface area contributed by atoms with E-state index < -0.39 is 6.10 Å². The molecule has 9 heteroatoms. The number of benzene rings is 2. The van der Waals surface area contributed by atoms with Gasteiger partial charge in [-0.1, -0.05) is 24.6 Å². The summed E-state index contributed by atoms with van der Waals surface area (Å²) in [4.78, 5) is 27.5. The number of aliphatic hydroxyl groups is 1. The molecule has 3 heterocycles. The SMILES string of the molecule is O=C(C[C@@H]1C[C@@H]2c3cc(NC(=O)Nc4ccccc4)ccc3O[C@@H]2[C@H](CO)O1)NCCN1CCCCC1. The van der Waals surface area contributed by atoms with Gasteiger partial charge in [-0.15, -0.1) is 0 Å². The summed E-state index contributed by atoms with van der Waals surface area (Å²) in [6.07, 6.45) is 3.44. The molecule has 0 radical (unpaired) electrons. The smallest absolute Gasteiger partial charge is 0.323 e. The van der Waals surface area contributed by atoms with E-state index in [1.165, 1.54) is 19.3 Å². The third-order valence-corrected chi connectivity index (χ3v) is 7.40. The van der Waals surface area contributed by atoms with E-state index in [0.717, 1.165) is 30.9 Å². The van der Waals surface area contributed by atoms with Gasteiger partial charge in [0.1, 0.15) is 18.0 Å². The van der Waals surface area contributed by atoms with Crippen LogP contribution in [0.3, 0.4) is 0 Å². The van der Waals surface area contributed by atoms with E-state index >= 15 is 0 Å². The monoisotopic (exact) mass is 508 g/mol. The second-order valence-electron chi connectivity index (χ2n) is 10.1. The van der Waals surface area contributed by atoms with Gasteiger partial charge >= 0.3 is 6.03 Å². The first-order chi connectivity index (χ1) is 18.1. The average Bonchev–Trinajstić information content (AvgIpc) is 3.27. The van der Waals surface area contributed by atoms with Crippen molar-refractivity contribution in [3.05, 3.63) is 54.1 Å². The second kappa shape index (κ2) is 11.9. The number of para-hydroxylation sites is 1. The van der Waals surface area contributed by atoms with Gasteiger partial charge in [0.25, 0.3) is 0 Å². The number of amides is 3. The number of nitrogens with zero attached hydrogens (tertiary/aromatic N) is 1. The normalized spacial score (nSPS) is 24.9. The molecule has 0 spiro atoms. The number of aliphatic hydroxyl groups excluding tert-OH is 1. The Morgan fingerprint density at radius 2 is 1.78 bits per heavy atom. The third kappa shape index (κ3) is 6.41. The van der Waals surface area contributed by atoms with Crippen LogP contribution in [-0.4, -0.2) is 73.0 Å². The van der Waals surface area contributed by atoms with Gasteiger partial charge in [0.2, 0.25) is 5.91 Å². The number of carbonyl (C=O) groups is 2. The van der Waals surface area contributed by atoms with Crippen molar-refractivity contribution in [2.24, 2.45) is 0 Å². The standard InChI is InChI=1S/C28H36N4O5/c33-18-25-27-23(16-21(36-25)17-26(34)29-11-14-32-12-5-2-6-13-32)22-15-20(9-10-24(22)37-27)31-28(35)30-19-7-3-1-4-8-19/h1,3-4,7-10,15,21,23,25,27,33H,2,5-6,11-14,16-18H2,(H,29,34)(H2,30,31,35)/t21-,23+,25-,27-/m0/s1. The molecule has 198 valence electrons. The van der Waals surface area contributed by atoms with Crippen LogP contribution in [0.2, 0.25) is 0 Å². The molecular formula is C28H36N4O5. The molecule has 37 heavy (non-hydrogen) atoms. The first kappa shape index (κ1) is 25.5. The summed E-state index contributed by atoms with van der Waals surface area (Å²) in [6, 6.07) is 14.5. The average molecular weight is 509 g/mol. The molecular weight excluding hydrogens is 472 g/mol. The number of rotatable bonds is 8. The summed E-state index contributed by atoms with van der Waals surface area (Å²) in [5.74, 6) is 0.646. The molecule has 4 N–H and O–H groups in total. The predicted molar refractivity (Wildman–Crippen MR) is 141 cm³/mol. The molecule has 4 atom stereocenters. The van der Waals surface area contributed by atoms with Crippen molar-refractivity contribution in [2.45, 2.75) is 56.3 Å². The Balaban J connectivity index is 1.18. The highest BCUT2D eigenvalue weighted by molar-refractivity contribution is 5.99. The molecule has 2 fully saturated rings. The van der Waals surface area contributed by atoms with Crippen LogP contribution >= 0.6 is 0 Å². The Bertz CT molecular complexity index is 1080. The van der Waals surface area contributed by atoms with E-state index in [-0.39, 0.29) is 43.1 Å². The van der Waals surface area contributed by atoms with Crippen LogP contribution in [0.25, 0.3) is 0 Å². The topological polar surface area (TPSA) is 112 Å². The highest BCUT2D eigenvalue weighted by atomic mass is 16.6. The maximum absolute atomic E-state index is 12.7. The number of anilines is 2. The van der Waals surface area contributed by atoms with E-state index in [9.17, 15) is 14.7 Å². The fourth-order valence-electron chi connectivity index (χ4n) is 5.60. The lowest BCUT2D eigenvalue weighted by Gasteiger charge is -2.37. The number of hydrogen-bond acceptors (Lipinski definition) is 6. The molecule has 0 unspecified atom stereocenters. The molecule has 3 amide bonds. The minimum Gasteiger partial charge on any atom is -0.487 e. The van der Waals surface area contributed by atoms with E-state index in [0.29, 0.717) is 24.3 Å². The number of piperidine rings is 1. The summed E-state index contributed by atoms with van der Waals surface area (Å²) in [6.45, 7) is 3.52. The van der Waals surface area contributed by atoms with Crippen molar-refractivity contribution in [1.29, 1.82) is 0 Å². The van der Waals surface area contributed by atoms with Gasteiger partial charge in [-0.25, -0.2) is 4.79 Å². The quantitative estimate of drug-likeness (QED) is 0.435. The number of ether oxygens (including phenoxy) is 2. The number of urea groups is 1. The first-order valence-electron chi connectivity index (χ1n) is 13.3. The lowest BCUT2D eigenvalue weighted by atomic mass is 9.84. The summed E-state index contributed by atoms with van der Waals surface area (Å²) < 4.78 is 12.2. The van der Waals surface area contributed by atoms with E-state index in [1.807, 2.05) is 42.5 Å². The van der Waals surface area contributed by atoms with Gasteiger partial charge in [0.05, 0.1) is 19.1 Å². The van der Waals surface area contributed by atoms with Crippen molar-refractivity contribution in [3.8, 4) is 5.75 Å². The van der Waals surface area contributed by atoms with Crippen molar-refractivity contribution in [3.63, 3.8) is 0 Å². The Labute approximate surface area is 217 Å². The van der Waals surface area contributed by atoms with E-state index in [4.69, 9.17) is 9.47 Å². The molecule has 2 aromatic rings. The van der Waals surface area contributed by atoms with Crippen LogP contribution < -0.4 is 20.7 Å². The molecule has 5 rings (SSSR count). The number of fused-ring (bicyclic) bond motifs is 3. The summed E-state index contributed by atoms with van der Waals surface area (Å²) in [5, 5.41) is 18.7. The largest absolute Gasteiger partial charge is 0.487 e. The van der Waals surface area contributed by atoms with Crippen LogP contribution in [0.1, 0.15) is 43.6 Å². The van der Waals surface area contributed by atoms with Gasteiger partial charge in [-0.3, -0.25) is 4.79 Å². The van der Waals surface area contributed by atoms with Crippen LogP contribution in [0, 0.1) is 0 Å². The minimum atomic E-state index is -0.518. The Kier molecular flexibility index (Phi) is 8.23. The van der Waals surface area contributed by atoms with Crippen molar-refractivity contribution >= 4 is 23.3 Å². The molecule has 2 saturated heterocycles. The molecule has 0 saturated carbocycles. The fraction of sp³-hybridized carbons (Fsp3) is 0.500. The zero-order valence-electron chi connectivity index (χ0n) is 21.0. The third-order valence-electron chi connectivity index (χ3n) is 7.40. The van der Waals surface area contributed by atoms with Gasteiger partial charge in [-0.05, 0) is 62.7 Å². The second-order valence-corrected chi connectivity index (χ2v) is 10.1. The number of carbonyl (C=O) groups excluding carboxylic acids is 2. The minimum absolute atomic E-state index is 0.0361. The van der Waals surface area contributed by atoms with Gasteiger partial charge < -0.3 is 35.4 Å². The van der Waals surface area contributed by atoms with Crippen molar-refractivity contribution in [1.82, 2.24) is 10.2 Å². The highest BCUT2D eigenvalue weighted by Crippen LogP contribution is 2.47. The van der Waals surface area contributed by atoms with E-state index in [2.05, 4.69) is 20.9 Å². The van der Waals surface area contributed by atoms with Gasteiger partial charge in [0.15, 0.2) is 0 Å². The fourth-order valence-corrected chi connectivity index (χ4v) is 5.60. The molecule has 0 bridgehead atoms. The maximum atomic E-state index is 12.7. The molecule has 2 aromatic carbocycles. The zero-order chi connectivity index (χ0) is 25.6. The molecule has 9 nitrogen and oxygen atoms in total. The maximum Gasteiger partial charge on any atom is 0.323 e. The number of nitrogens with one attached hydrogen (secondary N) is 3. The molecule has 3 aliphatic heterocycles. The Morgan fingerprint density at radius 1 is 1.00 bits per heavy atom. The first-order valence-corrected chi connectivity index (χ1v) is 13.3. The summed E-state index contributed by atoms with van der Waals surface area (Å²) in [7, 11) is 0. The predicted octanol–water partition coefficient (Wildman–Crippen LogP) is 3.32. The summed E-state index contributed by atoms with van der Waals surface area (Å²) in [5.41, 5.74) is 2.31. The highest BCUT2D eigenvalue weighted by Gasteiger charge is 2.46. The van der Waals surface area contributed by atoms with Crippen molar-refractivity contribution in [2.75, 3.05) is 43.4 Å². The van der Waals surface area contributed by atoms with Gasteiger partial charge in [0, 0.05) is 35.9 Å². The Hall–Kier alpha value is -3.14. The summed E-state index contributed by atoms with van der Waals surface area (Å²) >= 11 is 0. The Morgan fingerprint density at radius 3 is 2.57 bits per heavy atom. The molecule has 0 aromatic heterocycles. The molecule has 3 aliphatic rings. The van der Waals surface area contributed by atoms with Gasteiger partial charge in [-0.2, -0.15) is 0 Å². The lowest BCUT2D eigenvalue weighted by Crippen LogP contribution is -2.47. The zero-order valence-corrected chi connectivity index (χ0v) is 21.0. The van der Waals surface area contributed by atoms with Crippen molar-refractivity contribution < 1.29 is 24.2 Å². The number of hydrogen-bond donors (Lipinski definition) is 4.